The Labute approximate surface area is 159 Å². The van der Waals surface area contributed by atoms with E-state index in [9.17, 15) is 9.90 Å². The molecule has 0 aliphatic carbocycles. The molecule has 2 saturated heterocycles. The molecule has 2 aliphatic heterocycles. The highest BCUT2D eigenvalue weighted by Crippen LogP contribution is 2.34. The molecule has 1 aromatic rings. The molecular formula is C20H29NO6. The van der Waals surface area contributed by atoms with Gasteiger partial charge < -0.3 is 29.4 Å². The van der Waals surface area contributed by atoms with E-state index in [4.69, 9.17) is 18.9 Å². The van der Waals surface area contributed by atoms with Crippen molar-refractivity contribution in [1.82, 2.24) is 5.32 Å². The zero-order valence-electron chi connectivity index (χ0n) is 15.9. The molecule has 2 heterocycles. The topological polar surface area (TPSA) is 86.3 Å². The van der Waals surface area contributed by atoms with Gasteiger partial charge in [0.15, 0.2) is 12.6 Å². The second kappa shape index (κ2) is 9.61. The highest BCUT2D eigenvalue weighted by Gasteiger charge is 2.50. The molecule has 3 rings (SSSR count). The molecule has 27 heavy (non-hydrogen) atoms. The van der Waals surface area contributed by atoms with Crippen molar-refractivity contribution in [2.45, 2.75) is 69.5 Å². The summed E-state index contributed by atoms with van der Waals surface area (Å²) in [5.41, 5.74) is 0.872. The van der Waals surface area contributed by atoms with Crippen LogP contribution in [0.1, 0.15) is 44.5 Å². The van der Waals surface area contributed by atoms with Gasteiger partial charge in [0.2, 0.25) is 5.91 Å². The fourth-order valence-electron chi connectivity index (χ4n) is 3.52. The molecule has 6 atom stereocenters. The number of hydrogen-bond acceptors (Lipinski definition) is 6. The summed E-state index contributed by atoms with van der Waals surface area (Å²) in [6.07, 6.45) is -0.0963. The lowest BCUT2D eigenvalue weighted by Gasteiger charge is -2.47. The van der Waals surface area contributed by atoms with Crippen molar-refractivity contribution >= 4 is 5.91 Å². The van der Waals surface area contributed by atoms with Gasteiger partial charge >= 0.3 is 0 Å². The van der Waals surface area contributed by atoms with Crippen molar-refractivity contribution in [2.24, 2.45) is 0 Å². The summed E-state index contributed by atoms with van der Waals surface area (Å²) in [7, 11) is 1.49. The van der Waals surface area contributed by atoms with Gasteiger partial charge in [-0.1, -0.05) is 50.1 Å². The van der Waals surface area contributed by atoms with Crippen LogP contribution < -0.4 is 5.32 Å². The predicted octanol–water partition coefficient (Wildman–Crippen LogP) is 1.90. The van der Waals surface area contributed by atoms with Gasteiger partial charge in [0.1, 0.15) is 24.4 Å². The maximum absolute atomic E-state index is 12.2. The van der Waals surface area contributed by atoms with Crippen LogP contribution in [0, 0.1) is 0 Å². The molecule has 0 spiro atoms. The van der Waals surface area contributed by atoms with E-state index in [0.29, 0.717) is 6.42 Å². The molecular weight excluding hydrogens is 350 g/mol. The molecule has 7 nitrogen and oxygen atoms in total. The monoisotopic (exact) mass is 379 g/mol. The number of carbonyl (C=O) groups excluding carboxylic acids is 1. The van der Waals surface area contributed by atoms with Gasteiger partial charge in [0.25, 0.3) is 0 Å². The van der Waals surface area contributed by atoms with E-state index < -0.39 is 36.9 Å². The van der Waals surface area contributed by atoms with Crippen molar-refractivity contribution in [3.05, 3.63) is 35.9 Å². The molecule has 2 aliphatic rings. The summed E-state index contributed by atoms with van der Waals surface area (Å²) in [5, 5.41) is 13.8. The predicted molar refractivity (Wildman–Crippen MR) is 97.8 cm³/mol. The average molecular weight is 379 g/mol. The second-order valence-corrected chi connectivity index (χ2v) is 7.00. The highest BCUT2D eigenvalue weighted by molar-refractivity contribution is 5.76. The van der Waals surface area contributed by atoms with Crippen LogP contribution in [-0.2, 0) is 23.7 Å². The number of benzene rings is 1. The lowest BCUT2D eigenvalue weighted by Crippen LogP contribution is -2.66. The van der Waals surface area contributed by atoms with Crippen LogP contribution in [-0.4, -0.2) is 55.4 Å². The number of aliphatic hydroxyl groups excluding tert-OH is 1. The normalized spacial score (nSPS) is 33.3. The fraction of sp³-hybridized carbons (Fsp3) is 0.650. The van der Waals surface area contributed by atoms with Crippen molar-refractivity contribution in [3.63, 3.8) is 0 Å². The Hall–Kier alpha value is -1.51. The number of rotatable bonds is 7. The maximum atomic E-state index is 12.2. The van der Waals surface area contributed by atoms with Crippen molar-refractivity contribution in [3.8, 4) is 0 Å². The zero-order valence-corrected chi connectivity index (χ0v) is 15.9. The summed E-state index contributed by atoms with van der Waals surface area (Å²) < 4.78 is 23.0. The number of fused-ring (bicyclic) bond motifs is 1. The molecule has 2 fully saturated rings. The number of ether oxygens (including phenoxy) is 4. The number of amides is 1. The molecule has 2 N–H and O–H groups in total. The maximum Gasteiger partial charge on any atom is 0.220 e. The van der Waals surface area contributed by atoms with Gasteiger partial charge in [-0.15, -0.1) is 0 Å². The van der Waals surface area contributed by atoms with Gasteiger partial charge in [-0.05, 0) is 6.42 Å². The summed E-state index contributed by atoms with van der Waals surface area (Å²) in [6.45, 7) is 2.36. The Morgan fingerprint density at radius 3 is 2.74 bits per heavy atom. The molecule has 0 bridgehead atoms. The second-order valence-electron chi connectivity index (χ2n) is 7.00. The number of carbonyl (C=O) groups is 1. The SMILES string of the molecule is CCCCCC(=O)N[C@H]1[C@@H](OC)O[C@@H]2COC(c3ccccc3)O[C@H]2[C@@H]1O. The quantitative estimate of drug-likeness (QED) is 0.704. The van der Waals surface area contributed by atoms with Gasteiger partial charge in [0.05, 0.1) is 6.61 Å². The third kappa shape index (κ3) is 4.86. The van der Waals surface area contributed by atoms with E-state index in [1.54, 1.807) is 0 Å². The van der Waals surface area contributed by atoms with Crippen LogP contribution >= 0.6 is 0 Å². The van der Waals surface area contributed by atoms with Crippen LogP contribution in [0.5, 0.6) is 0 Å². The van der Waals surface area contributed by atoms with Crippen LogP contribution in [0.15, 0.2) is 30.3 Å². The molecule has 1 amide bonds. The number of unbranched alkanes of at least 4 members (excludes halogenated alkanes) is 2. The summed E-state index contributed by atoms with van der Waals surface area (Å²) in [5.74, 6) is -0.122. The van der Waals surface area contributed by atoms with Crippen LogP contribution in [0.3, 0.4) is 0 Å². The Bertz CT molecular complexity index is 597. The van der Waals surface area contributed by atoms with Crippen molar-refractivity contribution in [2.75, 3.05) is 13.7 Å². The number of methoxy groups -OCH3 is 1. The Balaban J connectivity index is 1.66. The zero-order chi connectivity index (χ0) is 19.2. The molecule has 7 heteroatoms. The first-order valence-corrected chi connectivity index (χ1v) is 9.61. The Morgan fingerprint density at radius 2 is 2.04 bits per heavy atom. The summed E-state index contributed by atoms with van der Waals surface area (Å²) >= 11 is 0. The van der Waals surface area contributed by atoms with E-state index in [-0.39, 0.29) is 12.5 Å². The fourth-order valence-corrected chi connectivity index (χ4v) is 3.52. The molecule has 0 aromatic heterocycles. The van der Waals surface area contributed by atoms with Gasteiger partial charge in [-0.3, -0.25) is 4.79 Å². The number of hydrogen-bond donors (Lipinski definition) is 2. The van der Waals surface area contributed by atoms with E-state index in [1.807, 2.05) is 30.3 Å². The Kier molecular flexibility index (Phi) is 7.20. The molecule has 1 aromatic carbocycles. The van der Waals surface area contributed by atoms with E-state index in [0.717, 1.165) is 24.8 Å². The summed E-state index contributed by atoms with van der Waals surface area (Å²) in [6, 6.07) is 8.85. The first-order chi connectivity index (χ1) is 13.1. The third-order valence-electron chi connectivity index (χ3n) is 5.00. The molecule has 1 unspecified atom stereocenters. The van der Waals surface area contributed by atoms with Crippen molar-refractivity contribution in [1.29, 1.82) is 0 Å². The lowest BCUT2D eigenvalue weighted by atomic mass is 9.95. The standard InChI is InChI=1S/C20H29NO6/c1-3-4-6-11-15(22)21-16-17(23)18-14(26-20(16)24-2)12-25-19(27-18)13-9-7-5-8-10-13/h5,7-10,14,16-20,23H,3-4,6,11-12H2,1-2H3,(H,21,22)/t14-,16-,17-,18-,19?,20+/m1/s1. The first-order valence-electron chi connectivity index (χ1n) is 9.61. The highest BCUT2D eigenvalue weighted by atomic mass is 16.7. The summed E-state index contributed by atoms with van der Waals surface area (Å²) in [4.78, 5) is 12.2. The van der Waals surface area contributed by atoms with Crippen LogP contribution in [0.4, 0.5) is 0 Å². The number of aliphatic hydroxyl groups is 1. The minimum absolute atomic E-state index is 0.122. The van der Waals surface area contributed by atoms with E-state index >= 15 is 0 Å². The minimum atomic E-state index is -0.959. The third-order valence-corrected chi connectivity index (χ3v) is 5.00. The Morgan fingerprint density at radius 1 is 1.26 bits per heavy atom. The van der Waals surface area contributed by atoms with Crippen LogP contribution in [0.2, 0.25) is 0 Å². The molecule has 0 radical (unpaired) electrons. The van der Waals surface area contributed by atoms with Gasteiger partial charge in [-0.25, -0.2) is 0 Å². The lowest BCUT2D eigenvalue weighted by molar-refractivity contribution is -0.341. The molecule has 150 valence electrons. The van der Waals surface area contributed by atoms with Crippen LogP contribution in [0.25, 0.3) is 0 Å². The number of nitrogens with one attached hydrogen (secondary N) is 1. The van der Waals surface area contributed by atoms with Gasteiger partial charge in [-0.2, -0.15) is 0 Å². The molecule has 0 saturated carbocycles. The van der Waals surface area contributed by atoms with E-state index in [1.165, 1.54) is 7.11 Å². The smallest absolute Gasteiger partial charge is 0.220 e. The average Bonchev–Trinajstić information content (AvgIpc) is 2.70. The largest absolute Gasteiger partial charge is 0.388 e. The van der Waals surface area contributed by atoms with Gasteiger partial charge in [0, 0.05) is 19.1 Å². The van der Waals surface area contributed by atoms with Crippen molar-refractivity contribution < 1.29 is 28.8 Å². The first kappa shape index (κ1) is 20.2. The minimum Gasteiger partial charge on any atom is -0.388 e. The van der Waals surface area contributed by atoms with E-state index in [2.05, 4.69) is 12.2 Å².